The second-order valence-corrected chi connectivity index (χ2v) is 7.09. The van der Waals surface area contributed by atoms with E-state index in [0.717, 1.165) is 32.1 Å². The van der Waals surface area contributed by atoms with E-state index in [9.17, 15) is 22.4 Å². The maximum Gasteiger partial charge on any atom is 0.419 e. The predicted octanol–water partition coefficient (Wildman–Crippen LogP) is 3.30. The summed E-state index contributed by atoms with van der Waals surface area (Å²) in [4.78, 5) is 20.4. The van der Waals surface area contributed by atoms with Gasteiger partial charge in [-0.1, -0.05) is 0 Å². The Kier molecular flexibility index (Phi) is 7.23. The molecule has 0 bridgehead atoms. The second kappa shape index (κ2) is 9.88. The van der Waals surface area contributed by atoms with Gasteiger partial charge in [-0.15, -0.1) is 0 Å². The van der Waals surface area contributed by atoms with Crippen LogP contribution in [0.4, 0.5) is 39.8 Å². The highest BCUT2D eigenvalue weighted by molar-refractivity contribution is 5.98. The molecule has 0 radical (unpaired) electrons. The number of nitrogens with zero attached hydrogens (tertiary/aromatic N) is 2. The first kappa shape index (κ1) is 22.7. The minimum Gasteiger partial charge on any atom is -0.370 e. The Morgan fingerprint density at radius 1 is 1.23 bits per heavy atom. The summed E-state index contributed by atoms with van der Waals surface area (Å²) >= 11 is 0. The van der Waals surface area contributed by atoms with Crippen LogP contribution in [0.2, 0.25) is 0 Å². The van der Waals surface area contributed by atoms with Gasteiger partial charge in [0.1, 0.15) is 11.6 Å². The quantitative estimate of drug-likeness (QED) is 0.334. The van der Waals surface area contributed by atoms with Crippen molar-refractivity contribution in [2.45, 2.75) is 32.0 Å². The number of amides is 2. The van der Waals surface area contributed by atoms with Gasteiger partial charge >= 0.3 is 12.2 Å². The predicted molar refractivity (Wildman–Crippen MR) is 108 cm³/mol. The molecule has 31 heavy (non-hydrogen) atoms. The third-order valence-corrected chi connectivity index (χ3v) is 4.55. The zero-order chi connectivity index (χ0) is 22.4. The van der Waals surface area contributed by atoms with Crippen molar-refractivity contribution in [3.63, 3.8) is 0 Å². The first-order chi connectivity index (χ1) is 14.7. The lowest BCUT2D eigenvalue weighted by Crippen LogP contribution is -2.24. The summed E-state index contributed by atoms with van der Waals surface area (Å²) in [5.41, 5.74) is -1.09. The molecule has 1 aromatic heterocycles. The van der Waals surface area contributed by atoms with Gasteiger partial charge < -0.3 is 21.3 Å². The molecule has 1 aliphatic heterocycles. The molecule has 1 fully saturated rings. The third kappa shape index (κ3) is 6.76. The van der Waals surface area contributed by atoms with Crippen LogP contribution in [0.25, 0.3) is 0 Å². The molecule has 1 saturated heterocycles. The van der Waals surface area contributed by atoms with Crippen LogP contribution < -0.4 is 26.6 Å². The number of hydrogen-bond acceptors (Lipinski definition) is 6. The first-order valence-corrected chi connectivity index (χ1v) is 9.69. The number of halogens is 4. The molecular formula is C19H23F4N7O. The Morgan fingerprint density at radius 2 is 2.03 bits per heavy atom. The average molecular weight is 441 g/mol. The molecule has 2 aromatic rings. The smallest absolute Gasteiger partial charge is 0.370 e. The molecule has 12 heteroatoms. The van der Waals surface area contributed by atoms with Gasteiger partial charge in [0.05, 0.1) is 5.56 Å². The molecule has 1 atom stereocenters. The number of anilines is 3. The number of urea groups is 1. The fraction of sp³-hybridized carbons (Fsp3) is 0.421. The number of alkyl halides is 3. The number of carbonyl (C=O) groups excluding carboxylic acids is 1. The van der Waals surface area contributed by atoms with Gasteiger partial charge in [0.25, 0.3) is 0 Å². The molecule has 1 aliphatic rings. The fourth-order valence-corrected chi connectivity index (χ4v) is 3.10. The van der Waals surface area contributed by atoms with Crippen LogP contribution in [0, 0.1) is 12.7 Å². The van der Waals surface area contributed by atoms with Crippen molar-refractivity contribution >= 4 is 23.5 Å². The van der Waals surface area contributed by atoms with Crippen LogP contribution in [0.15, 0.2) is 24.3 Å². The van der Waals surface area contributed by atoms with Crippen molar-refractivity contribution < 1.29 is 22.4 Å². The molecule has 1 aromatic carbocycles. The van der Waals surface area contributed by atoms with Crippen LogP contribution in [0.3, 0.4) is 0 Å². The highest BCUT2D eigenvalue weighted by atomic mass is 19.4. The zero-order valence-electron chi connectivity index (χ0n) is 16.7. The summed E-state index contributed by atoms with van der Waals surface area (Å²) in [6.45, 7) is 4.15. The van der Waals surface area contributed by atoms with Gasteiger partial charge in [-0.2, -0.15) is 18.2 Å². The maximum atomic E-state index is 13.4. The van der Waals surface area contributed by atoms with Gasteiger partial charge in [0.2, 0.25) is 5.95 Å². The topological polar surface area (TPSA) is 103 Å². The van der Waals surface area contributed by atoms with Crippen LogP contribution in [-0.2, 0) is 6.18 Å². The van der Waals surface area contributed by atoms with Crippen molar-refractivity contribution in [1.82, 2.24) is 20.6 Å². The van der Waals surface area contributed by atoms with E-state index < -0.39 is 23.6 Å². The van der Waals surface area contributed by atoms with E-state index in [-0.39, 0.29) is 11.6 Å². The molecular weight excluding hydrogens is 418 g/mol. The summed E-state index contributed by atoms with van der Waals surface area (Å²) < 4.78 is 51.8. The molecule has 168 valence electrons. The number of hydrogen-bond donors (Lipinski definition) is 5. The number of aryl methyl sites for hydroxylation is 1. The lowest BCUT2D eigenvalue weighted by Gasteiger charge is -2.13. The van der Waals surface area contributed by atoms with E-state index in [1.54, 1.807) is 13.0 Å². The van der Waals surface area contributed by atoms with Gasteiger partial charge in [-0.3, -0.25) is 5.32 Å². The lowest BCUT2D eigenvalue weighted by molar-refractivity contribution is -0.139. The van der Waals surface area contributed by atoms with E-state index in [4.69, 9.17) is 0 Å². The minimum absolute atomic E-state index is 0.0141. The van der Waals surface area contributed by atoms with Crippen LogP contribution in [-0.4, -0.2) is 41.8 Å². The van der Waals surface area contributed by atoms with Gasteiger partial charge in [0.15, 0.2) is 0 Å². The van der Waals surface area contributed by atoms with Crippen LogP contribution in [0.1, 0.15) is 24.1 Å². The van der Waals surface area contributed by atoms with Crippen LogP contribution >= 0.6 is 0 Å². The fourth-order valence-electron chi connectivity index (χ4n) is 3.10. The molecule has 2 amide bonds. The molecule has 2 heterocycles. The monoisotopic (exact) mass is 441 g/mol. The Hall–Kier alpha value is -2.99. The van der Waals surface area contributed by atoms with Gasteiger partial charge in [0, 0.05) is 43.2 Å². The van der Waals surface area contributed by atoms with Crippen molar-refractivity contribution in [2.75, 3.05) is 35.7 Å². The Bertz CT molecular complexity index is 917. The highest BCUT2D eigenvalue weighted by Gasteiger charge is 2.34. The summed E-state index contributed by atoms with van der Waals surface area (Å²) in [5, 5.41) is 14.3. The van der Waals surface area contributed by atoms with Crippen molar-refractivity contribution in [2.24, 2.45) is 0 Å². The third-order valence-electron chi connectivity index (χ3n) is 4.55. The molecule has 1 unspecified atom stereocenters. The summed E-state index contributed by atoms with van der Waals surface area (Å²) in [7, 11) is 0. The largest absolute Gasteiger partial charge is 0.419 e. The van der Waals surface area contributed by atoms with Crippen LogP contribution in [0.5, 0.6) is 0 Å². The van der Waals surface area contributed by atoms with E-state index in [1.165, 1.54) is 0 Å². The van der Waals surface area contributed by atoms with E-state index in [0.29, 0.717) is 36.2 Å². The van der Waals surface area contributed by atoms with E-state index in [1.807, 2.05) is 0 Å². The summed E-state index contributed by atoms with van der Waals surface area (Å²) in [6.07, 6.45) is -2.96. The molecule has 0 spiro atoms. The van der Waals surface area contributed by atoms with E-state index >= 15 is 0 Å². The molecule has 5 N–H and O–H groups in total. The van der Waals surface area contributed by atoms with E-state index in [2.05, 4.69) is 36.6 Å². The maximum absolute atomic E-state index is 13.4. The van der Waals surface area contributed by atoms with Crippen molar-refractivity contribution in [3.8, 4) is 0 Å². The van der Waals surface area contributed by atoms with Gasteiger partial charge in [-0.05, 0) is 38.0 Å². The normalized spacial score (nSPS) is 16.2. The summed E-state index contributed by atoms with van der Waals surface area (Å²) in [6, 6.07) is 3.50. The van der Waals surface area contributed by atoms with Gasteiger partial charge in [-0.25, -0.2) is 14.2 Å². The Balaban J connectivity index is 1.56. The van der Waals surface area contributed by atoms with Crippen molar-refractivity contribution in [3.05, 3.63) is 41.3 Å². The molecule has 3 rings (SSSR count). The Labute approximate surface area is 176 Å². The highest BCUT2D eigenvalue weighted by Crippen LogP contribution is 2.33. The second-order valence-electron chi connectivity index (χ2n) is 7.09. The molecule has 0 aliphatic carbocycles. The zero-order valence-corrected chi connectivity index (χ0v) is 16.7. The average Bonchev–Trinajstić information content (AvgIpc) is 3.19. The number of rotatable bonds is 7. The number of carbonyl (C=O) groups is 1. The van der Waals surface area contributed by atoms with Crippen molar-refractivity contribution in [1.29, 1.82) is 0 Å². The molecule has 0 saturated carbocycles. The lowest BCUT2D eigenvalue weighted by atomic mass is 10.2. The number of aromatic nitrogens is 2. The number of benzene rings is 1. The Morgan fingerprint density at radius 3 is 2.74 bits per heavy atom. The first-order valence-electron chi connectivity index (χ1n) is 9.69. The SMILES string of the molecule is Cc1cc(NCCCC2CNCN2)nc(NC(=O)Nc2ccc(F)c(C(F)(F)F)c2)n1. The summed E-state index contributed by atoms with van der Waals surface area (Å²) in [5.74, 6) is -0.919. The standard InChI is InChI=1S/C19H23F4N7O/c1-11-7-16(25-6-2-3-13-9-24-10-26-13)29-17(27-11)30-18(31)28-12-4-5-15(20)14(8-12)19(21,22)23/h4-5,7-8,13,24,26H,2-3,6,9-10H2,1H3,(H3,25,27,28,29,30,31). The molecule has 8 nitrogen and oxygen atoms in total. The minimum atomic E-state index is -4.87. The number of nitrogens with one attached hydrogen (secondary N) is 5.